The first-order chi connectivity index (χ1) is 6.13. The van der Waals surface area contributed by atoms with Crippen molar-refractivity contribution in [2.45, 2.75) is 11.3 Å². The van der Waals surface area contributed by atoms with E-state index in [2.05, 4.69) is 0 Å². The second kappa shape index (κ2) is 2.57. The van der Waals surface area contributed by atoms with Crippen molar-refractivity contribution in [3.8, 4) is 6.07 Å². The van der Waals surface area contributed by atoms with Crippen LogP contribution in [0.25, 0.3) is 0 Å². The van der Waals surface area contributed by atoms with Crippen molar-refractivity contribution >= 4 is 9.84 Å². The summed E-state index contributed by atoms with van der Waals surface area (Å²) >= 11 is 0. The number of nitrogens with zero attached hydrogens (tertiary/aromatic N) is 1. The van der Waals surface area contributed by atoms with Crippen molar-refractivity contribution in [3.05, 3.63) is 29.3 Å². The van der Waals surface area contributed by atoms with Crippen LogP contribution in [0.2, 0.25) is 0 Å². The molecule has 1 heterocycles. The Morgan fingerprint density at radius 1 is 1.38 bits per heavy atom. The summed E-state index contributed by atoms with van der Waals surface area (Å²) in [6, 6.07) is 6.76. The smallest absolute Gasteiger partial charge is 0.179 e. The number of hydrogen-bond acceptors (Lipinski definition) is 3. The van der Waals surface area contributed by atoms with Crippen LogP contribution in [0.15, 0.2) is 23.1 Å². The number of nitriles is 1. The number of fused-ring (bicyclic) bond motifs is 1. The number of rotatable bonds is 0. The van der Waals surface area contributed by atoms with E-state index in [0.717, 1.165) is 5.56 Å². The highest BCUT2D eigenvalue weighted by molar-refractivity contribution is 7.91. The highest BCUT2D eigenvalue weighted by atomic mass is 32.2. The number of hydrogen-bond donors (Lipinski definition) is 0. The summed E-state index contributed by atoms with van der Waals surface area (Å²) < 4.78 is 22.8. The van der Waals surface area contributed by atoms with Gasteiger partial charge in [-0.05, 0) is 24.1 Å². The fourth-order valence-electron chi connectivity index (χ4n) is 1.47. The van der Waals surface area contributed by atoms with Gasteiger partial charge in [-0.2, -0.15) is 5.26 Å². The first kappa shape index (κ1) is 8.27. The lowest BCUT2D eigenvalue weighted by molar-refractivity contribution is 0.600. The van der Waals surface area contributed by atoms with Gasteiger partial charge in [0.2, 0.25) is 0 Å². The average molecular weight is 193 g/mol. The van der Waals surface area contributed by atoms with Crippen LogP contribution in [0.4, 0.5) is 0 Å². The van der Waals surface area contributed by atoms with Crippen LogP contribution in [0.1, 0.15) is 11.1 Å². The van der Waals surface area contributed by atoms with E-state index in [1.165, 1.54) is 6.07 Å². The van der Waals surface area contributed by atoms with E-state index in [-0.39, 0.29) is 5.75 Å². The topological polar surface area (TPSA) is 57.9 Å². The van der Waals surface area contributed by atoms with Crippen LogP contribution in [0.5, 0.6) is 0 Å². The van der Waals surface area contributed by atoms with Gasteiger partial charge in [-0.1, -0.05) is 6.07 Å². The van der Waals surface area contributed by atoms with Gasteiger partial charge in [-0.25, -0.2) is 8.42 Å². The Hall–Kier alpha value is -1.34. The van der Waals surface area contributed by atoms with Gasteiger partial charge >= 0.3 is 0 Å². The van der Waals surface area contributed by atoms with Crippen LogP contribution >= 0.6 is 0 Å². The van der Waals surface area contributed by atoms with Crippen LogP contribution in [-0.4, -0.2) is 14.2 Å². The molecule has 0 N–H and O–H groups in total. The van der Waals surface area contributed by atoms with Crippen LogP contribution in [-0.2, 0) is 16.3 Å². The molecular formula is C9H7NO2S. The molecule has 0 radical (unpaired) electrons. The summed E-state index contributed by atoms with van der Waals surface area (Å²) in [5.41, 5.74) is 1.24. The number of aryl methyl sites for hydroxylation is 1. The van der Waals surface area contributed by atoms with Crippen molar-refractivity contribution in [2.24, 2.45) is 0 Å². The quantitative estimate of drug-likeness (QED) is 0.614. The lowest BCUT2D eigenvalue weighted by Crippen LogP contribution is -1.98. The third-order valence-electron chi connectivity index (χ3n) is 2.17. The molecule has 0 amide bonds. The first-order valence-corrected chi connectivity index (χ1v) is 5.54. The molecule has 0 aliphatic carbocycles. The first-order valence-electron chi connectivity index (χ1n) is 3.89. The molecule has 1 aromatic carbocycles. The van der Waals surface area contributed by atoms with E-state index in [0.29, 0.717) is 16.9 Å². The van der Waals surface area contributed by atoms with Crippen molar-refractivity contribution in [3.63, 3.8) is 0 Å². The Bertz CT molecular complexity index is 497. The largest absolute Gasteiger partial charge is 0.224 e. The van der Waals surface area contributed by atoms with Crippen LogP contribution in [0.3, 0.4) is 0 Å². The molecule has 0 unspecified atom stereocenters. The summed E-state index contributed by atoms with van der Waals surface area (Å²) in [5, 5.41) is 8.59. The molecule has 13 heavy (non-hydrogen) atoms. The zero-order valence-electron chi connectivity index (χ0n) is 6.82. The lowest BCUT2D eigenvalue weighted by Gasteiger charge is -1.96. The van der Waals surface area contributed by atoms with Gasteiger partial charge in [-0.3, -0.25) is 0 Å². The molecule has 4 heteroatoms. The molecule has 1 aliphatic heterocycles. The Labute approximate surface area is 76.5 Å². The number of benzene rings is 1. The third-order valence-corrected chi connectivity index (χ3v) is 3.96. The normalized spacial score (nSPS) is 17.8. The molecule has 0 saturated heterocycles. The maximum absolute atomic E-state index is 11.4. The molecule has 0 saturated carbocycles. The summed E-state index contributed by atoms with van der Waals surface area (Å²) in [7, 11) is -3.09. The molecule has 0 aromatic heterocycles. The Morgan fingerprint density at radius 2 is 2.15 bits per heavy atom. The van der Waals surface area contributed by atoms with Gasteiger partial charge in [0.05, 0.1) is 22.3 Å². The highest BCUT2D eigenvalue weighted by Gasteiger charge is 2.25. The number of sulfone groups is 1. The van der Waals surface area contributed by atoms with E-state index in [1.54, 1.807) is 12.1 Å². The van der Waals surface area contributed by atoms with Gasteiger partial charge in [0.1, 0.15) is 0 Å². The molecule has 1 aromatic rings. The maximum Gasteiger partial charge on any atom is 0.179 e. The summed E-state index contributed by atoms with van der Waals surface area (Å²) in [6.07, 6.45) is 0.573. The molecule has 2 rings (SSSR count). The van der Waals surface area contributed by atoms with E-state index in [1.807, 2.05) is 6.07 Å². The fourth-order valence-corrected chi connectivity index (χ4v) is 3.06. The summed E-state index contributed by atoms with van der Waals surface area (Å²) in [6.45, 7) is 0. The Balaban J connectivity index is 2.71. The van der Waals surface area contributed by atoms with E-state index < -0.39 is 9.84 Å². The summed E-state index contributed by atoms with van der Waals surface area (Å²) in [4.78, 5) is 0.339. The molecular weight excluding hydrogens is 186 g/mol. The molecule has 0 atom stereocenters. The SMILES string of the molecule is N#Cc1ccc2c(c1)S(=O)(=O)CC2. The predicted octanol–water partition coefficient (Wildman–Crippen LogP) is 0.888. The highest BCUT2D eigenvalue weighted by Crippen LogP contribution is 2.26. The average Bonchev–Trinajstić information content (AvgIpc) is 2.42. The molecule has 0 spiro atoms. The van der Waals surface area contributed by atoms with Gasteiger partial charge in [0.15, 0.2) is 9.84 Å². The van der Waals surface area contributed by atoms with Gasteiger partial charge in [0, 0.05) is 0 Å². The van der Waals surface area contributed by atoms with E-state index >= 15 is 0 Å². The molecule has 3 nitrogen and oxygen atoms in total. The molecule has 66 valence electrons. The zero-order valence-corrected chi connectivity index (χ0v) is 7.63. The Kier molecular flexibility index (Phi) is 1.64. The van der Waals surface area contributed by atoms with Crippen molar-refractivity contribution < 1.29 is 8.42 Å². The Morgan fingerprint density at radius 3 is 2.85 bits per heavy atom. The van der Waals surface area contributed by atoms with Gasteiger partial charge in [-0.15, -0.1) is 0 Å². The summed E-state index contributed by atoms with van der Waals surface area (Å²) in [5.74, 6) is 0.178. The zero-order chi connectivity index (χ0) is 9.47. The maximum atomic E-state index is 11.4. The minimum Gasteiger partial charge on any atom is -0.224 e. The van der Waals surface area contributed by atoms with Crippen molar-refractivity contribution in [1.82, 2.24) is 0 Å². The molecule has 0 bridgehead atoms. The minimum absolute atomic E-state index is 0.178. The monoisotopic (exact) mass is 193 g/mol. The minimum atomic E-state index is -3.09. The van der Waals surface area contributed by atoms with Crippen molar-refractivity contribution in [1.29, 1.82) is 5.26 Å². The fraction of sp³-hybridized carbons (Fsp3) is 0.222. The molecule has 0 fully saturated rings. The second-order valence-electron chi connectivity index (χ2n) is 3.00. The third kappa shape index (κ3) is 1.21. The standard InChI is InChI=1S/C9H7NO2S/c10-6-7-1-2-8-3-4-13(11,12)9(8)5-7/h1-2,5H,3-4H2. The van der Waals surface area contributed by atoms with Gasteiger partial charge in [0.25, 0.3) is 0 Å². The van der Waals surface area contributed by atoms with E-state index in [9.17, 15) is 8.42 Å². The van der Waals surface area contributed by atoms with E-state index in [4.69, 9.17) is 5.26 Å². The molecule has 1 aliphatic rings. The lowest BCUT2D eigenvalue weighted by atomic mass is 10.1. The van der Waals surface area contributed by atoms with Gasteiger partial charge < -0.3 is 0 Å². The van der Waals surface area contributed by atoms with Crippen LogP contribution in [0, 0.1) is 11.3 Å². The second-order valence-corrected chi connectivity index (χ2v) is 5.08. The van der Waals surface area contributed by atoms with Crippen molar-refractivity contribution in [2.75, 3.05) is 5.75 Å². The van der Waals surface area contributed by atoms with Crippen LogP contribution < -0.4 is 0 Å². The predicted molar refractivity (Wildman–Crippen MR) is 46.9 cm³/mol.